The van der Waals surface area contributed by atoms with E-state index < -0.39 is 23.5 Å². The molecule has 0 aliphatic heterocycles. The van der Waals surface area contributed by atoms with Gasteiger partial charge in [-0.1, -0.05) is 0 Å². The molecule has 1 amide bonds. The van der Waals surface area contributed by atoms with Gasteiger partial charge >= 0.3 is 6.18 Å². The van der Waals surface area contributed by atoms with E-state index in [2.05, 4.69) is 5.32 Å². The van der Waals surface area contributed by atoms with Gasteiger partial charge in [-0.3, -0.25) is 4.79 Å². The van der Waals surface area contributed by atoms with Crippen molar-refractivity contribution in [2.24, 2.45) is 0 Å². The van der Waals surface area contributed by atoms with Crippen LogP contribution in [0.25, 0.3) is 0 Å². The van der Waals surface area contributed by atoms with E-state index in [9.17, 15) is 22.4 Å². The number of nitrogens with one attached hydrogen (secondary N) is 1. The molecule has 7 heteroatoms. The maximum Gasteiger partial charge on any atom is 0.419 e. The van der Waals surface area contributed by atoms with Crippen molar-refractivity contribution in [3.05, 3.63) is 35.1 Å². The third-order valence-corrected chi connectivity index (χ3v) is 2.74. The number of hydrogen-bond donors (Lipinski definition) is 1. The van der Waals surface area contributed by atoms with Gasteiger partial charge in [0.2, 0.25) is 0 Å². The highest BCUT2D eigenvalue weighted by Gasteiger charge is 2.34. The minimum atomic E-state index is -4.81. The van der Waals surface area contributed by atoms with Crippen LogP contribution in [0, 0.1) is 5.82 Å². The molecule has 0 spiro atoms. The molecule has 0 radical (unpaired) electrons. The van der Waals surface area contributed by atoms with Gasteiger partial charge in [0.05, 0.1) is 5.56 Å². The summed E-state index contributed by atoms with van der Waals surface area (Å²) in [5.41, 5.74) is -1.63. The Kier molecular flexibility index (Phi) is 5.01. The number of halogens is 4. The first-order valence-corrected chi connectivity index (χ1v) is 6.39. The van der Waals surface area contributed by atoms with E-state index >= 15 is 0 Å². The van der Waals surface area contributed by atoms with Crippen LogP contribution >= 0.6 is 11.8 Å². The molecule has 1 rings (SSSR count). The second-order valence-electron chi connectivity index (χ2n) is 3.44. The van der Waals surface area contributed by atoms with Crippen LogP contribution in [-0.4, -0.2) is 24.5 Å². The molecule has 0 atom stereocenters. The van der Waals surface area contributed by atoms with Gasteiger partial charge in [-0.05, 0) is 24.5 Å². The lowest BCUT2D eigenvalue weighted by atomic mass is 10.1. The van der Waals surface area contributed by atoms with Gasteiger partial charge in [0, 0.05) is 17.9 Å². The fourth-order valence-corrected chi connectivity index (χ4v) is 1.56. The Labute approximate surface area is 106 Å². The highest BCUT2D eigenvalue weighted by atomic mass is 32.2. The van der Waals surface area contributed by atoms with Crippen molar-refractivity contribution in [3.8, 4) is 0 Å². The van der Waals surface area contributed by atoms with Gasteiger partial charge in [-0.15, -0.1) is 0 Å². The Morgan fingerprint density at radius 3 is 2.61 bits per heavy atom. The Morgan fingerprint density at radius 1 is 1.39 bits per heavy atom. The average molecular weight is 281 g/mol. The minimum Gasteiger partial charge on any atom is -0.351 e. The van der Waals surface area contributed by atoms with E-state index in [1.807, 2.05) is 6.26 Å². The SMILES string of the molecule is CSCCNC(=O)c1ccc(F)c(C(F)(F)F)c1. The van der Waals surface area contributed by atoms with Crippen LogP contribution in [0.3, 0.4) is 0 Å². The van der Waals surface area contributed by atoms with Crippen molar-refractivity contribution in [2.45, 2.75) is 6.18 Å². The minimum absolute atomic E-state index is 0.204. The molecule has 0 aliphatic rings. The van der Waals surface area contributed by atoms with Crippen molar-refractivity contribution in [2.75, 3.05) is 18.6 Å². The summed E-state index contributed by atoms with van der Waals surface area (Å²) >= 11 is 1.49. The van der Waals surface area contributed by atoms with Crippen LogP contribution < -0.4 is 5.32 Å². The summed E-state index contributed by atoms with van der Waals surface area (Å²) in [5, 5.41) is 2.45. The molecule has 1 aromatic carbocycles. The van der Waals surface area contributed by atoms with Crippen molar-refractivity contribution in [3.63, 3.8) is 0 Å². The molecule has 1 N–H and O–H groups in total. The van der Waals surface area contributed by atoms with Gasteiger partial charge < -0.3 is 5.32 Å². The predicted octanol–water partition coefficient (Wildman–Crippen LogP) is 2.94. The van der Waals surface area contributed by atoms with Gasteiger partial charge in [-0.25, -0.2) is 4.39 Å². The molecule has 0 saturated heterocycles. The summed E-state index contributed by atoms with van der Waals surface area (Å²) in [6.07, 6.45) is -2.97. The van der Waals surface area contributed by atoms with Crippen molar-refractivity contribution in [1.82, 2.24) is 5.32 Å². The Balaban J connectivity index is 2.88. The largest absolute Gasteiger partial charge is 0.419 e. The molecule has 0 aliphatic carbocycles. The molecule has 2 nitrogen and oxygen atoms in total. The highest BCUT2D eigenvalue weighted by Crippen LogP contribution is 2.31. The van der Waals surface area contributed by atoms with Gasteiger partial charge in [0.15, 0.2) is 0 Å². The topological polar surface area (TPSA) is 29.1 Å². The monoisotopic (exact) mass is 281 g/mol. The maximum absolute atomic E-state index is 13.0. The Bertz CT molecular complexity index is 434. The Hall–Kier alpha value is -1.24. The lowest BCUT2D eigenvalue weighted by Crippen LogP contribution is -2.26. The summed E-state index contributed by atoms with van der Waals surface area (Å²) in [6.45, 7) is 0.346. The molecule has 0 fully saturated rings. The van der Waals surface area contributed by atoms with Crippen LogP contribution in [0.15, 0.2) is 18.2 Å². The lowest BCUT2D eigenvalue weighted by molar-refractivity contribution is -0.140. The molecule has 1 aromatic rings. The van der Waals surface area contributed by atoms with E-state index in [0.717, 1.165) is 6.07 Å². The Morgan fingerprint density at radius 2 is 2.06 bits per heavy atom. The summed E-state index contributed by atoms with van der Waals surface area (Å²) in [5.74, 6) is -1.38. The number of benzene rings is 1. The smallest absolute Gasteiger partial charge is 0.351 e. The molecule has 0 bridgehead atoms. The van der Waals surface area contributed by atoms with Crippen molar-refractivity contribution in [1.29, 1.82) is 0 Å². The number of rotatable bonds is 4. The molecule has 100 valence electrons. The molecular formula is C11H11F4NOS. The quantitative estimate of drug-likeness (QED) is 0.679. The van der Waals surface area contributed by atoms with Crippen LogP contribution in [0.4, 0.5) is 17.6 Å². The average Bonchev–Trinajstić information content (AvgIpc) is 2.28. The summed E-state index contributed by atoms with van der Waals surface area (Å²) in [4.78, 5) is 11.5. The zero-order valence-corrected chi connectivity index (χ0v) is 10.3. The van der Waals surface area contributed by atoms with Crippen molar-refractivity contribution >= 4 is 17.7 Å². The molecule has 0 saturated carbocycles. The highest BCUT2D eigenvalue weighted by molar-refractivity contribution is 7.98. The first-order valence-electron chi connectivity index (χ1n) is 5.00. The first-order chi connectivity index (χ1) is 8.36. The zero-order valence-electron chi connectivity index (χ0n) is 9.47. The van der Waals surface area contributed by atoms with Crippen molar-refractivity contribution < 1.29 is 22.4 Å². The number of hydrogen-bond acceptors (Lipinski definition) is 2. The third kappa shape index (κ3) is 3.90. The second kappa shape index (κ2) is 6.08. The molecule has 0 aromatic heterocycles. The van der Waals surface area contributed by atoms with Gasteiger partial charge in [0.25, 0.3) is 5.91 Å². The molecular weight excluding hydrogens is 270 g/mol. The van der Waals surface area contributed by atoms with E-state index in [4.69, 9.17) is 0 Å². The van der Waals surface area contributed by atoms with Gasteiger partial charge in [-0.2, -0.15) is 24.9 Å². The number of alkyl halides is 3. The lowest BCUT2D eigenvalue weighted by Gasteiger charge is -2.10. The second-order valence-corrected chi connectivity index (χ2v) is 4.43. The van der Waals surface area contributed by atoms with E-state index in [-0.39, 0.29) is 5.56 Å². The summed E-state index contributed by atoms with van der Waals surface area (Å²) in [6, 6.07) is 2.19. The summed E-state index contributed by atoms with van der Waals surface area (Å²) in [7, 11) is 0. The zero-order chi connectivity index (χ0) is 13.8. The van der Waals surface area contributed by atoms with Gasteiger partial charge in [0.1, 0.15) is 5.82 Å². The predicted molar refractivity (Wildman–Crippen MR) is 62.1 cm³/mol. The normalized spacial score (nSPS) is 11.4. The first kappa shape index (κ1) is 14.8. The molecule has 0 unspecified atom stereocenters. The standard InChI is InChI=1S/C11H11F4NOS/c1-18-5-4-16-10(17)7-2-3-9(12)8(6-7)11(13,14)15/h2-3,6H,4-5H2,1H3,(H,16,17). The molecule has 18 heavy (non-hydrogen) atoms. The van der Waals surface area contributed by atoms with Crippen LogP contribution in [-0.2, 0) is 6.18 Å². The maximum atomic E-state index is 13.0. The number of carbonyl (C=O) groups excluding carboxylic acids is 1. The van der Waals surface area contributed by atoms with Crippen LogP contribution in [0.1, 0.15) is 15.9 Å². The van der Waals surface area contributed by atoms with E-state index in [1.54, 1.807) is 0 Å². The van der Waals surface area contributed by atoms with Crippen LogP contribution in [0.5, 0.6) is 0 Å². The molecule has 0 heterocycles. The number of amides is 1. The fraction of sp³-hybridized carbons (Fsp3) is 0.364. The van der Waals surface area contributed by atoms with E-state index in [0.29, 0.717) is 24.4 Å². The third-order valence-electron chi connectivity index (χ3n) is 2.13. The fourth-order valence-electron chi connectivity index (χ4n) is 1.25. The number of carbonyl (C=O) groups is 1. The summed E-state index contributed by atoms with van der Waals surface area (Å²) < 4.78 is 50.3. The van der Waals surface area contributed by atoms with E-state index in [1.165, 1.54) is 11.8 Å². The van der Waals surface area contributed by atoms with Crippen LogP contribution in [0.2, 0.25) is 0 Å². The number of thioether (sulfide) groups is 1.